The van der Waals surface area contributed by atoms with Gasteiger partial charge in [0.25, 0.3) is 5.91 Å². The number of oxazole rings is 1. The van der Waals surface area contributed by atoms with Gasteiger partial charge in [0.2, 0.25) is 0 Å². The van der Waals surface area contributed by atoms with Crippen molar-refractivity contribution in [3.63, 3.8) is 0 Å². The van der Waals surface area contributed by atoms with Gasteiger partial charge in [0.05, 0.1) is 6.04 Å². The highest BCUT2D eigenvalue weighted by atomic mass is 16.3. The first kappa shape index (κ1) is 17.0. The van der Waals surface area contributed by atoms with Crippen LogP contribution >= 0.6 is 0 Å². The second-order valence-corrected chi connectivity index (χ2v) is 6.56. The molecule has 0 radical (unpaired) electrons. The van der Waals surface area contributed by atoms with Gasteiger partial charge in [0, 0.05) is 12.0 Å². The first-order valence-electron chi connectivity index (χ1n) is 8.98. The van der Waals surface area contributed by atoms with Gasteiger partial charge in [0.1, 0.15) is 5.52 Å². The van der Waals surface area contributed by atoms with Crippen LogP contribution in [0.15, 0.2) is 83.3 Å². The van der Waals surface area contributed by atoms with Crippen LogP contribution in [0, 0.1) is 0 Å². The molecule has 1 amide bonds. The van der Waals surface area contributed by atoms with E-state index < -0.39 is 0 Å². The number of amides is 1. The average Bonchev–Trinajstić information content (AvgIpc) is 3.10. The van der Waals surface area contributed by atoms with Crippen LogP contribution in [-0.2, 0) is 6.42 Å². The maximum atomic E-state index is 12.6. The molecule has 3 aromatic carbocycles. The third-order valence-corrected chi connectivity index (χ3v) is 4.54. The van der Waals surface area contributed by atoms with Gasteiger partial charge in [-0.05, 0) is 36.2 Å². The van der Waals surface area contributed by atoms with Crippen LogP contribution < -0.4 is 5.32 Å². The first-order chi connectivity index (χ1) is 13.2. The highest BCUT2D eigenvalue weighted by molar-refractivity contribution is 5.97. The van der Waals surface area contributed by atoms with Gasteiger partial charge < -0.3 is 9.73 Å². The number of nitrogens with zero attached hydrogens (tertiary/aromatic N) is 1. The number of aromatic nitrogens is 1. The Hall–Kier alpha value is -3.40. The Kier molecular flexibility index (Phi) is 4.71. The number of benzene rings is 3. The number of hydrogen-bond donors (Lipinski definition) is 1. The van der Waals surface area contributed by atoms with Crippen molar-refractivity contribution in [3.8, 4) is 0 Å². The zero-order valence-electron chi connectivity index (χ0n) is 15.1. The molecule has 1 heterocycles. The minimum absolute atomic E-state index is 0.0715. The van der Waals surface area contributed by atoms with Crippen molar-refractivity contribution < 1.29 is 9.21 Å². The Balaban J connectivity index is 1.51. The van der Waals surface area contributed by atoms with Crippen LogP contribution in [-0.4, -0.2) is 10.9 Å². The van der Waals surface area contributed by atoms with Crippen LogP contribution in [0.1, 0.15) is 40.3 Å². The summed E-state index contributed by atoms with van der Waals surface area (Å²) in [6, 6.07) is 25.2. The quantitative estimate of drug-likeness (QED) is 0.553. The van der Waals surface area contributed by atoms with Crippen molar-refractivity contribution in [3.05, 3.63) is 101 Å². The summed E-state index contributed by atoms with van der Waals surface area (Å²) < 4.78 is 5.86. The van der Waals surface area contributed by atoms with E-state index in [2.05, 4.69) is 10.3 Å². The molecule has 0 aliphatic heterocycles. The Bertz CT molecular complexity index is 1060. The van der Waals surface area contributed by atoms with E-state index in [4.69, 9.17) is 4.42 Å². The van der Waals surface area contributed by atoms with Crippen molar-refractivity contribution in [2.24, 2.45) is 0 Å². The number of carbonyl (C=O) groups is 1. The standard InChI is InChI=1S/C23H20N2O2/c1-16(18-10-6-3-7-11-18)24-23(26)19-12-13-20-21(15-19)27-22(25-20)14-17-8-4-2-5-9-17/h2-13,15-16H,14H2,1H3,(H,24,26). The number of hydrogen-bond acceptors (Lipinski definition) is 3. The molecule has 134 valence electrons. The molecular formula is C23H20N2O2. The molecule has 1 atom stereocenters. The van der Waals surface area contributed by atoms with Crippen molar-refractivity contribution in [1.82, 2.24) is 10.3 Å². The maximum Gasteiger partial charge on any atom is 0.251 e. The van der Waals surface area contributed by atoms with E-state index in [9.17, 15) is 4.79 Å². The van der Waals surface area contributed by atoms with Gasteiger partial charge in [-0.15, -0.1) is 0 Å². The zero-order chi connectivity index (χ0) is 18.6. The molecule has 4 rings (SSSR count). The van der Waals surface area contributed by atoms with Crippen molar-refractivity contribution >= 4 is 17.0 Å². The molecule has 4 heteroatoms. The normalized spacial score (nSPS) is 12.0. The fourth-order valence-electron chi connectivity index (χ4n) is 3.06. The number of nitrogens with one attached hydrogen (secondary N) is 1. The van der Waals surface area contributed by atoms with Crippen molar-refractivity contribution in [1.29, 1.82) is 0 Å². The smallest absolute Gasteiger partial charge is 0.251 e. The van der Waals surface area contributed by atoms with Crippen LogP contribution in [0.5, 0.6) is 0 Å². The third-order valence-electron chi connectivity index (χ3n) is 4.54. The highest BCUT2D eigenvalue weighted by Gasteiger charge is 2.14. The van der Waals surface area contributed by atoms with E-state index in [0.29, 0.717) is 23.5 Å². The molecule has 0 aliphatic carbocycles. The lowest BCUT2D eigenvalue weighted by molar-refractivity contribution is 0.0940. The summed E-state index contributed by atoms with van der Waals surface area (Å²) in [5.74, 6) is 0.515. The van der Waals surface area contributed by atoms with Crippen molar-refractivity contribution in [2.75, 3.05) is 0 Å². The van der Waals surface area contributed by atoms with Gasteiger partial charge in [-0.3, -0.25) is 4.79 Å². The average molecular weight is 356 g/mol. The van der Waals surface area contributed by atoms with Crippen LogP contribution in [0.4, 0.5) is 0 Å². The van der Waals surface area contributed by atoms with Gasteiger partial charge >= 0.3 is 0 Å². The molecular weight excluding hydrogens is 336 g/mol. The first-order valence-corrected chi connectivity index (χ1v) is 8.98. The summed E-state index contributed by atoms with van der Waals surface area (Å²) in [7, 11) is 0. The second kappa shape index (κ2) is 7.46. The van der Waals surface area contributed by atoms with Gasteiger partial charge in [0.15, 0.2) is 11.5 Å². The number of fused-ring (bicyclic) bond motifs is 1. The summed E-state index contributed by atoms with van der Waals surface area (Å²) in [6.45, 7) is 1.97. The van der Waals surface area contributed by atoms with E-state index in [1.165, 1.54) is 0 Å². The van der Waals surface area contributed by atoms with E-state index >= 15 is 0 Å². The van der Waals surface area contributed by atoms with E-state index in [0.717, 1.165) is 16.6 Å². The molecule has 0 spiro atoms. The van der Waals surface area contributed by atoms with E-state index in [1.807, 2.05) is 73.7 Å². The Morgan fingerprint density at radius 2 is 1.70 bits per heavy atom. The largest absolute Gasteiger partial charge is 0.440 e. The van der Waals surface area contributed by atoms with Gasteiger partial charge in [-0.25, -0.2) is 4.98 Å². The molecule has 1 unspecified atom stereocenters. The minimum Gasteiger partial charge on any atom is -0.440 e. The fraction of sp³-hybridized carbons (Fsp3) is 0.130. The molecule has 0 saturated carbocycles. The summed E-state index contributed by atoms with van der Waals surface area (Å²) in [5.41, 5.74) is 4.15. The maximum absolute atomic E-state index is 12.6. The zero-order valence-corrected chi connectivity index (χ0v) is 15.1. The second-order valence-electron chi connectivity index (χ2n) is 6.56. The Morgan fingerprint density at radius 3 is 2.44 bits per heavy atom. The molecule has 4 nitrogen and oxygen atoms in total. The SMILES string of the molecule is CC(NC(=O)c1ccc2nc(Cc3ccccc3)oc2c1)c1ccccc1. The predicted octanol–water partition coefficient (Wildman–Crippen LogP) is 4.91. The topological polar surface area (TPSA) is 55.1 Å². The fourth-order valence-corrected chi connectivity index (χ4v) is 3.06. The molecule has 0 saturated heterocycles. The van der Waals surface area contributed by atoms with Gasteiger partial charge in [-0.1, -0.05) is 60.7 Å². The molecule has 4 aromatic rings. The van der Waals surface area contributed by atoms with Crippen LogP contribution in [0.3, 0.4) is 0 Å². The monoisotopic (exact) mass is 356 g/mol. The molecule has 1 N–H and O–H groups in total. The lowest BCUT2D eigenvalue weighted by atomic mass is 10.1. The predicted molar refractivity (Wildman–Crippen MR) is 106 cm³/mol. The third kappa shape index (κ3) is 3.90. The minimum atomic E-state index is -0.130. The van der Waals surface area contributed by atoms with E-state index in [1.54, 1.807) is 12.1 Å². The lowest BCUT2D eigenvalue weighted by Crippen LogP contribution is -2.26. The molecule has 1 aromatic heterocycles. The number of carbonyl (C=O) groups excluding carboxylic acids is 1. The summed E-state index contributed by atoms with van der Waals surface area (Å²) in [5, 5.41) is 3.02. The molecule has 0 aliphatic rings. The summed E-state index contributed by atoms with van der Waals surface area (Å²) in [6.07, 6.45) is 0.627. The highest BCUT2D eigenvalue weighted by Crippen LogP contribution is 2.20. The molecule has 0 bridgehead atoms. The molecule has 27 heavy (non-hydrogen) atoms. The van der Waals surface area contributed by atoms with Gasteiger partial charge in [-0.2, -0.15) is 0 Å². The number of rotatable bonds is 5. The lowest BCUT2D eigenvalue weighted by Gasteiger charge is -2.14. The molecule has 0 fully saturated rings. The van der Waals surface area contributed by atoms with Crippen molar-refractivity contribution in [2.45, 2.75) is 19.4 Å². The van der Waals surface area contributed by atoms with Crippen LogP contribution in [0.2, 0.25) is 0 Å². The van der Waals surface area contributed by atoms with E-state index in [-0.39, 0.29) is 11.9 Å². The summed E-state index contributed by atoms with van der Waals surface area (Å²) >= 11 is 0. The Labute approximate surface area is 157 Å². The van der Waals surface area contributed by atoms with Crippen LogP contribution in [0.25, 0.3) is 11.1 Å². The Morgan fingerprint density at radius 1 is 1.00 bits per heavy atom. The summed E-state index contributed by atoms with van der Waals surface area (Å²) in [4.78, 5) is 17.1.